The summed E-state index contributed by atoms with van der Waals surface area (Å²) in [5.74, 6) is 1.87. The second kappa shape index (κ2) is 31.4. The van der Waals surface area contributed by atoms with E-state index in [0.29, 0.717) is 34.6 Å². The lowest BCUT2D eigenvalue weighted by Crippen LogP contribution is -2.03. The van der Waals surface area contributed by atoms with Gasteiger partial charge in [-0.1, -0.05) is 297 Å². The largest absolute Gasteiger partial charge is 0.456 e. The van der Waals surface area contributed by atoms with Gasteiger partial charge >= 0.3 is 0 Å². The van der Waals surface area contributed by atoms with Gasteiger partial charge in [0, 0.05) is 193 Å². The molecule has 18 heteroatoms. The summed E-state index contributed by atoms with van der Waals surface area (Å²) in [6, 6.07) is 148. The van der Waals surface area contributed by atoms with Crippen LogP contribution in [-0.2, 0) is 0 Å². The smallest absolute Gasteiger partial charge is 0.236 e. The van der Waals surface area contributed by atoms with Gasteiger partial charge in [0.25, 0.3) is 0 Å². The maximum Gasteiger partial charge on any atom is 0.236 e. The maximum absolute atomic E-state index is 6.64. The van der Waals surface area contributed by atoms with Crippen molar-refractivity contribution in [1.82, 2.24) is 43.6 Å². The van der Waals surface area contributed by atoms with Crippen LogP contribution in [0.3, 0.4) is 0 Å². The molecule has 0 unspecified atom stereocenters. The maximum atomic E-state index is 6.64. The number of hydrogen-bond donors (Lipinski definition) is 0. The molecule has 0 spiro atoms. The highest BCUT2D eigenvalue weighted by Crippen LogP contribution is 2.55. The molecule has 15 heterocycles. The van der Waals surface area contributed by atoms with Crippen LogP contribution in [0.1, 0.15) is 0 Å². The number of para-hydroxylation sites is 7. The van der Waals surface area contributed by atoms with Gasteiger partial charge in [0.1, 0.15) is 61.5 Å². The molecule has 0 N–H and O–H groups in total. The van der Waals surface area contributed by atoms with Gasteiger partial charge in [-0.2, -0.15) is 0 Å². The molecule has 36 rings (SSSR count). The molecule has 15 aromatic heterocycles. The quantitative estimate of drug-likeness (QED) is 0.158. The average Bonchev–Trinajstić information content (AvgIpc) is 1.53. The zero-order chi connectivity index (χ0) is 97.5. The fraction of sp³-hybridized carbons (Fsp3) is 0. The SMILES string of the molecule is c1ccc2c(c1)oc1c(-c3ccc4sc5ccccc5c4c3)nc(-n3c4ccccc4c4c5sc6ccccc6c5c5ccccc5c43)nc12.c1ccc2c(c1)oc1c(-c3cccc4c3sc3ccccc34)nc(-n3c4ccccc4c4c5sc6ccccc6c5c5ccccc5c43)nc12.c1ccc2c(c1)oc1ccc(-c3nc(-n4c5ccccc5c5c6sc7ccccc7c6c6ccccc6c54)nc4c3oc3ccccc34)cc12. The molecule has 0 atom stereocenters. The van der Waals surface area contributed by atoms with Crippen molar-refractivity contribution in [3.05, 3.63) is 419 Å². The Labute approximate surface area is 867 Å². The van der Waals surface area contributed by atoms with Crippen molar-refractivity contribution in [1.29, 1.82) is 0 Å². The van der Waals surface area contributed by atoms with Crippen molar-refractivity contribution in [3.8, 4) is 51.6 Å². The predicted octanol–water partition coefficient (Wildman–Crippen LogP) is 38.6. The second-order valence-corrected chi connectivity index (χ2v) is 43.9. The van der Waals surface area contributed by atoms with E-state index in [4.69, 9.17) is 47.6 Å². The molecule has 36 aromatic rings. The molecule has 0 amide bonds. The summed E-state index contributed by atoms with van der Waals surface area (Å²) in [4.78, 5) is 32.6. The molecule has 150 heavy (non-hydrogen) atoms. The van der Waals surface area contributed by atoms with Gasteiger partial charge in [0.15, 0.2) is 16.7 Å². The van der Waals surface area contributed by atoms with Crippen molar-refractivity contribution in [2.75, 3.05) is 0 Å². The van der Waals surface area contributed by atoms with E-state index in [-0.39, 0.29) is 0 Å². The highest BCUT2D eigenvalue weighted by molar-refractivity contribution is 7.28. The van der Waals surface area contributed by atoms with Crippen LogP contribution in [0.5, 0.6) is 0 Å². The van der Waals surface area contributed by atoms with Gasteiger partial charge in [-0.15, -0.1) is 56.7 Å². The Morgan fingerprint density at radius 3 is 0.887 bits per heavy atom. The van der Waals surface area contributed by atoms with Crippen LogP contribution < -0.4 is 0 Å². The lowest BCUT2D eigenvalue weighted by molar-refractivity contribution is 0.666. The number of benzene rings is 21. The zero-order valence-electron chi connectivity index (χ0n) is 79.0. The van der Waals surface area contributed by atoms with Crippen molar-refractivity contribution in [2.45, 2.75) is 0 Å². The molecular formula is C132H69N9O4S5. The summed E-state index contributed by atoms with van der Waals surface area (Å²) in [6.45, 7) is 0. The minimum absolute atomic E-state index is 0.605. The summed E-state index contributed by atoms with van der Waals surface area (Å²) in [5, 5.41) is 32.3. The van der Waals surface area contributed by atoms with Crippen LogP contribution in [0.25, 0.3) is 338 Å². The van der Waals surface area contributed by atoms with Crippen molar-refractivity contribution in [3.63, 3.8) is 0 Å². The summed E-state index contributed by atoms with van der Waals surface area (Å²) in [5.41, 5.74) is 20.5. The van der Waals surface area contributed by atoms with Crippen molar-refractivity contribution < 1.29 is 17.7 Å². The molecule has 0 saturated heterocycles. The summed E-state index contributed by atoms with van der Waals surface area (Å²) >= 11 is 9.23. The average molecular weight is 2010 g/mol. The zero-order valence-corrected chi connectivity index (χ0v) is 83.1. The summed E-state index contributed by atoms with van der Waals surface area (Å²) in [7, 11) is 0. The van der Waals surface area contributed by atoms with Crippen LogP contribution in [0, 0.1) is 0 Å². The highest BCUT2D eigenvalue weighted by atomic mass is 32.1. The Hall–Kier alpha value is -18.7. The Kier molecular flexibility index (Phi) is 17.3. The van der Waals surface area contributed by atoms with Gasteiger partial charge < -0.3 is 17.7 Å². The van der Waals surface area contributed by atoms with Crippen LogP contribution in [-0.4, -0.2) is 43.6 Å². The fourth-order valence-electron chi connectivity index (χ4n) is 24.3. The second-order valence-electron chi connectivity index (χ2n) is 38.6. The topological polar surface area (TPSA) is 145 Å². The predicted molar refractivity (Wildman–Crippen MR) is 631 cm³/mol. The summed E-state index contributed by atoms with van der Waals surface area (Å²) < 4.78 is 45.6. The molecular weight excluding hydrogens is 1940 g/mol. The molecule has 13 nitrogen and oxygen atoms in total. The molecule has 0 bridgehead atoms. The molecule has 0 aliphatic rings. The molecule has 0 aliphatic carbocycles. The van der Waals surface area contributed by atoms with Gasteiger partial charge in [-0.25, -0.2) is 29.9 Å². The lowest BCUT2D eigenvalue weighted by Gasteiger charge is -2.12. The van der Waals surface area contributed by atoms with Gasteiger partial charge in [-0.05, 0) is 137 Å². The molecule has 696 valence electrons. The van der Waals surface area contributed by atoms with E-state index in [0.717, 1.165) is 138 Å². The first-order valence-electron chi connectivity index (χ1n) is 50.0. The van der Waals surface area contributed by atoms with Crippen LogP contribution >= 0.6 is 56.7 Å². The Morgan fingerprint density at radius 1 is 0.173 bits per heavy atom. The van der Waals surface area contributed by atoms with Crippen molar-refractivity contribution >= 4 is 343 Å². The van der Waals surface area contributed by atoms with E-state index in [1.165, 1.54) is 165 Å². The number of fused-ring (bicyclic) bond motifs is 48. The molecule has 0 radical (unpaired) electrons. The normalized spacial score (nSPS) is 12.4. The van der Waals surface area contributed by atoms with Gasteiger partial charge in [-0.3, -0.25) is 13.7 Å². The fourth-order valence-corrected chi connectivity index (χ4v) is 30.4. The highest BCUT2D eigenvalue weighted by Gasteiger charge is 2.33. The third-order valence-corrected chi connectivity index (χ3v) is 36.6. The van der Waals surface area contributed by atoms with Gasteiger partial charge in [0.05, 0.1) is 33.1 Å². The van der Waals surface area contributed by atoms with E-state index in [9.17, 15) is 0 Å². The van der Waals surface area contributed by atoms with Crippen LogP contribution in [0.4, 0.5) is 0 Å². The van der Waals surface area contributed by atoms with E-state index in [1.54, 1.807) is 11.3 Å². The monoisotopic (exact) mass is 2000 g/mol. The van der Waals surface area contributed by atoms with E-state index in [2.05, 4.69) is 366 Å². The molecule has 0 saturated carbocycles. The standard InChI is InChI=1S/C44H23N3O2S.2C44H23N3OS2/c1-2-13-27-26(12-1)37-30-16-6-10-20-36(30)50-43(37)38-28-14-3-7-17-32(28)47(41(27)38)44-45-39(42-40(46-44)29-15-5-9-19-34(29)49-42)24-21-22-35-31(23-24)25-11-4-8-18-33(25)48-35;1-2-14-26-25(13-1)36-30-17-6-10-23-35(30)50-43(36)37-28-15-3-7-20-32(28)47(40(26)37)44-45-38-29-16-4-8-21-33(29)48-41(38)39(46-44)31-19-11-18-27-24-12-5-9-22-34(24)49-42(27)31;1-2-13-27-26(12-1)37-30-16-6-10-20-35(30)50-43(37)38-28-14-3-7-17-32(28)47(41(27)38)44-45-39(42-40(46-44)29-15-4-8-18-33(29)48-42)24-21-22-36-31(23-24)25-11-5-9-19-34(25)49-36/h3*1-23H. The van der Waals surface area contributed by atoms with Crippen LogP contribution in [0.2, 0.25) is 0 Å². The molecule has 21 aromatic carbocycles. The number of aromatic nitrogens is 9. The minimum Gasteiger partial charge on any atom is -0.456 e. The number of furan rings is 4. The number of thiophene rings is 5. The Morgan fingerprint density at radius 2 is 0.460 bits per heavy atom. The minimum atomic E-state index is 0.605. The van der Waals surface area contributed by atoms with Gasteiger partial charge in [0.2, 0.25) is 17.8 Å². The van der Waals surface area contributed by atoms with E-state index >= 15 is 0 Å². The number of nitrogens with zero attached hydrogens (tertiary/aromatic N) is 9. The Bertz CT molecular complexity index is 11900. The third kappa shape index (κ3) is 11.7. The molecule has 0 fully saturated rings. The summed E-state index contributed by atoms with van der Waals surface area (Å²) in [6.07, 6.45) is 0. The number of rotatable bonds is 6. The molecule has 0 aliphatic heterocycles. The van der Waals surface area contributed by atoms with Crippen LogP contribution in [0.15, 0.2) is 436 Å². The van der Waals surface area contributed by atoms with E-state index < -0.39 is 0 Å². The Balaban J connectivity index is 0.0000000957. The lowest BCUT2D eigenvalue weighted by atomic mass is 10.00. The first kappa shape index (κ1) is 82.6. The third-order valence-electron chi connectivity index (χ3n) is 30.6. The van der Waals surface area contributed by atoms with Crippen molar-refractivity contribution in [2.24, 2.45) is 0 Å². The number of hydrogen-bond acceptors (Lipinski definition) is 15. The first-order chi connectivity index (χ1) is 74.4. The van der Waals surface area contributed by atoms with E-state index in [1.807, 2.05) is 112 Å². The first-order valence-corrected chi connectivity index (χ1v) is 54.1.